The molecule has 6 heteroatoms. The Morgan fingerprint density at radius 3 is 1.94 bits per heavy atom. The van der Waals surface area contributed by atoms with Crippen molar-refractivity contribution in [3.63, 3.8) is 0 Å². The third kappa shape index (κ3) is 11.7. The average molecular weight is 1120 g/mol. The van der Waals surface area contributed by atoms with Crippen LogP contribution in [0.2, 0.25) is 0 Å². The summed E-state index contributed by atoms with van der Waals surface area (Å²) < 4.78 is 2.60. The van der Waals surface area contributed by atoms with Gasteiger partial charge in [-0.2, -0.15) is 6.20 Å². The van der Waals surface area contributed by atoms with E-state index in [0.29, 0.717) is 11.1 Å². The SMILES string of the molecule is CC(=O)c1ccc[n-]1.CC(C)(C)c1cc(-c2cc(-c3ccc(-c4ccccc4)cc3)ccn2)[c-]c2ccccc12.Cc1[c-]c(-c2nccc3c2sc2c4ccc(CC(C)(C)C)cc4ccc32)cc(C)c1.[Ir+3]. The third-order valence-electron chi connectivity index (χ3n) is 12.4. The van der Waals surface area contributed by atoms with Gasteiger partial charge in [-0.05, 0) is 80.3 Å². The number of aryl methyl sites for hydroxylation is 2. The summed E-state index contributed by atoms with van der Waals surface area (Å²) in [6.07, 6.45) is 6.53. The van der Waals surface area contributed by atoms with Gasteiger partial charge in [0.2, 0.25) is 0 Å². The average Bonchev–Trinajstić information content (AvgIpc) is 4.03. The Hall–Kier alpha value is -6.82. The molecule has 4 nitrogen and oxygen atoms in total. The molecule has 0 amide bonds. The molecule has 354 valence electrons. The van der Waals surface area contributed by atoms with Crippen LogP contribution in [0.1, 0.15) is 81.2 Å². The number of hydrogen-bond acceptors (Lipinski definition) is 4. The molecule has 0 spiro atoms. The van der Waals surface area contributed by atoms with E-state index in [1.807, 2.05) is 29.8 Å². The maximum absolute atomic E-state index is 10.4. The first-order chi connectivity index (χ1) is 33.6. The predicted molar refractivity (Wildman–Crippen MR) is 297 cm³/mol. The van der Waals surface area contributed by atoms with E-state index in [0.717, 1.165) is 45.4 Å². The van der Waals surface area contributed by atoms with E-state index in [1.54, 1.807) is 18.3 Å². The van der Waals surface area contributed by atoms with E-state index in [1.165, 1.54) is 76.6 Å². The molecule has 0 fully saturated rings. The number of fused-ring (bicyclic) bond motifs is 6. The van der Waals surface area contributed by atoms with Crippen LogP contribution in [0.3, 0.4) is 0 Å². The minimum Gasteiger partial charge on any atom is -0.661 e. The van der Waals surface area contributed by atoms with Crippen LogP contribution < -0.4 is 4.98 Å². The summed E-state index contributed by atoms with van der Waals surface area (Å²) in [4.78, 5) is 23.7. The van der Waals surface area contributed by atoms with Crippen molar-refractivity contribution in [3.8, 4) is 44.8 Å². The van der Waals surface area contributed by atoms with Gasteiger partial charge >= 0.3 is 20.1 Å². The largest absolute Gasteiger partial charge is 3.00 e. The maximum atomic E-state index is 10.4. The molecule has 71 heavy (non-hydrogen) atoms. The summed E-state index contributed by atoms with van der Waals surface area (Å²) in [6, 6.07) is 62.8. The number of Topliss-reactive ketones (excluding diaryl/α,β-unsaturated/α-hetero) is 1. The Morgan fingerprint density at radius 2 is 1.27 bits per heavy atom. The first-order valence-corrected chi connectivity index (χ1v) is 24.8. The summed E-state index contributed by atoms with van der Waals surface area (Å²) in [5.41, 5.74) is 14.9. The van der Waals surface area contributed by atoms with Crippen molar-refractivity contribution < 1.29 is 24.9 Å². The number of nitrogens with zero attached hydrogens (tertiary/aromatic N) is 3. The van der Waals surface area contributed by atoms with E-state index in [-0.39, 0.29) is 31.3 Å². The van der Waals surface area contributed by atoms with Crippen LogP contribution in [-0.2, 0) is 31.9 Å². The smallest absolute Gasteiger partial charge is 0.661 e. The second kappa shape index (κ2) is 21.3. The Bertz CT molecular complexity index is 3610. The number of carbonyl (C=O) groups is 1. The van der Waals surface area contributed by atoms with Gasteiger partial charge in [0.1, 0.15) is 5.78 Å². The van der Waals surface area contributed by atoms with Gasteiger partial charge in [0.25, 0.3) is 0 Å². The number of benzene rings is 7. The van der Waals surface area contributed by atoms with E-state index in [4.69, 9.17) is 9.97 Å². The van der Waals surface area contributed by atoms with E-state index < -0.39 is 0 Å². The van der Waals surface area contributed by atoms with Gasteiger partial charge in [0, 0.05) is 38.6 Å². The summed E-state index contributed by atoms with van der Waals surface area (Å²) in [6.45, 7) is 19.4. The Labute approximate surface area is 436 Å². The first kappa shape index (κ1) is 50.6. The maximum Gasteiger partial charge on any atom is 3.00 e. The summed E-state index contributed by atoms with van der Waals surface area (Å²) in [5.74, 6) is 0.0231. The molecular weight excluding hydrogens is 1060 g/mol. The minimum absolute atomic E-state index is 0. The number of carbonyl (C=O) groups excluding carboxylic acids is 1. The molecule has 0 saturated heterocycles. The van der Waals surface area contributed by atoms with Crippen molar-refractivity contribution in [1.82, 2.24) is 15.0 Å². The number of hydrogen-bond donors (Lipinski definition) is 0. The molecule has 4 aromatic heterocycles. The molecule has 0 bridgehead atoms. The predicted octanol–water partition coefficient (Wildman–Crippen LogP) is 17.5. The molecule has 0 atom stereocenters. The second-order valence-corrected chi connectivity index (χ2v) is 21.5. The molecular formula is C65H58IrN3OS. The van der Waals surface area contributed by atoms with Crippen LogP contribution in [0.15, 0.2) is 176 Å². The van der Waals surface area contributed by atoms with E-state index >= 15 is 0 Å². The van der Waals surface area contributed by atoms with E-state index in [9.17, 15) is 4.79 Å². The van der Waals surface area contributed by atoms with Gasteiger partial charge in [0.15, 0.2) is 0 Å². The van der Waals surface area contributed by atoms with Crippen LogP contribution in [0.5, 0.6) is 0 Å². The first-order valence-electron chi connectivity index (χ1n) is 24.0. The third-order valence-corrected chi connectivity index (χ3v) is 13.7. The Balaban J connectivity index is 0.000000163. The quantitative estimate of drug-likeness (QED) is 0.123. The molecule has 0 aliphatic heterocycles. The van der Waals surface area contributed by atoms with Crippen molar-refractivity contribution in [2.24, 2.45) is 5.41 Å². The molecule has 0 aliphatic rings. The summed E-state index contributed by atoms with van der Waals surface area (Å²) >= 11 is 1.86. The molecule has 11 rings (SSSR count). The molecule has 11 aromatic rings. The number of rotatable bonds is 6. The second-order valence-electron chi connectivity index (χ2n) is 20.5. The van der Waals surface area contributed by atoms with Gasteiger partial charge in [0.05, 0.1) is 0 Å². The fourth-order valence-corrected chi connectivity index (χ4v) is 10.6. The monoisotopic (exact) mass is 1120 g/mol. The van der Waals surface area contributed by atoms with Crippen LogP contribution in [0.25, 0.3) is 86.5 Å². The van der Waals surface area contributed by atoms with Crippen LogP contribution in [0.4, 0.5) is 0 Å². The standard InChI is InChI=1S/C31H26N.C28H26NS.C6H7NO.Ir/c1-31(2,3)29-20-27(19-26-11-7-8-12-28(26)29)30-21-25(17-18-32-30)24-15-13-23(14-16-24)22-9-5-4-6-10-22;1-17-12-18(2)14-21(13-17)25-27-24(10-11-29-25)23-9-7-20-15-19(16-28(3,4)5)6-8-22(20)26(23)30-27;1-5(8)6-3-2-4-7-6;/h4-18,20-21H,1-3H3;6-13,15H,16H2,1-5H3;2-4H,1H3,(H,7,8);/q2*-1;;+3/p-1. The van der Waals surface area contributed by atoms with Gasteiger partial charge in [-0.25, -0.2) is 0 Å². The van der Waals surface area contributed by atoms with Gasteiger partial charge < -0.3 is 9.97 Å². The molecule has 0 saturated carbocycles. The number of aromatic nitrogens is 3. The molecule has 7 aromatic carbocycles. The fourth-order valence-electron chi connectivity index (χ4n) is 9.22. The van der Waals surface area contributed by atoms with Crippen LogP contribution in [0, 0.1) is 31.4 Å². The normalized spacial score (nSPS) is 11.5. The fraction of sp³-hybridized carbons (Fsp3) is 0.185. The number of ketones is 1. The van der Waals surface area contributed by atoms with Crippen LogP contribution >= 0.6 is 11.3 Å². The summed E-state index contributed by atoms with van der Waals surface area (Å²) in [7, 11) is 0. The number of thiophene rings is 1. The summed E-state index contributed by atoms with van der Waals surface area (Å²) in [5, 5.41) is 7.66. The van der Waals surface area contributed by atoms with Crippen molar-refractivity contribution in [2.75, 3.05) is 0 Å². The Morgan fingerprint density at radius 1 is 0.592 bits per heavy atom. The number of pyridine rings is 2. The topological polar surface area (TPSA) is 57.0 Å². The van der Waals surface area contributed by atoms with Crippen molar-refractivity contribution in [2.45, 2.75) is 74.1 Å². The minimum atomic E-state index is 0. The molecule has 0 radical (unpaired) electrons. The molecule has 4 heterocycles. The molecule has 0 unspecified atom stereocenters. The van der Waals surface area contributed by atoms with Crippen molar-refractivity contribution in [1.29, 1.82) is 0 Å². The van der Waals surface area contributed by atoms with Gasteiger partial charge in [-0.15, -0.1) is 75.4 Å². The zero-order chi connectivity index (χ0) is 49.2. The van der Waals surface area contributed by atoms with Crippen molar-refractivity contribution in [3.05, 3.63) is 216 Å². The zero-order valence-corrected chi connectivity index (χ0v) is 45.2. The Kier molecular flexibility index (Phi) is 15.1. The van der Waals surface area contributed by atoms with Gasteiger partial charge in [-0.1, -0.05) is 193 Å². The van der Waals surface area contributed by atoms with Crippen LogP contribution in [-0.4, -0.2) is 15.8 Å². The van der Waals surface area contributed by atoms with E-state index in [2.05, 4.69) is 212 Å². The molecule has 0 aliphatic carbocycles. The van der Waals surface area contributed by atoms with Crippen molar-refractivity contribution >= 4 is 58.8 Å². The molecule has 0 N–H and O–H groups in total. The van der Waals surface area contributed by atoms with Gasteiger partial charge in [-0.3, -0.25) is 9.78 Å². The zero-order valence-electron chi connectivity index (χ0n) is 41.9.